The van der Waals surface area contributed by atoms with Crippen LogP contribution in [0, 0.1) is 0 Å². The van der Waals surface area contributed by atoms with Gasteiger partial charge in [-0.3, -0.25) is 9.79 Å². The van der Waals surface area contributed by atoms with Crippen molar-refractivity contribution in [1.29, 1.82) is 0 Å². The van der Waals surface area contributed by atoms with E-state index in [2.05, 4.69) is 11.1 Å². The largest absolute Gasteiger partial charge is 0.326 e. The van der Waals surface area contributed by atoms with Crippen LogP contribution in [0.1, 0.15) is 23.7 Å². The number of rotatable bonds is 0. The van der Waals surface area contributed by atoms with Gasteiger partial charge in [-0.1, -0.05) is 23.8 Å². The number of hydrogen-bond acceptors (Lipinski definition) is 2. The van der Waals surface area contributed by atoms with E-state index in [1.54, 1.807) is 0 Å². The van der Waals surface area contributed by atoms with Crippen LogP contribution in [0.4, 0.5) is 5.69 Å². The van der Waals surface area contributed by atoms with Crippen molar-refractivity contribution in [2.45, 2.75) is 19.4 Å². The van der Waals surface area contributed by atoms with Crippen LogP contribution in [-0.4, -0.2) is 29.6 Å². The van der Waals surface area contributed by atoms with Crippen LogP contribution >= 0.6 is 0 Å². The van der Waals surface area contributed by atoms with Crippen molar-refractivity contribution in [2.75, 3.05) is 6.54 Å². The number of carbonyl (C=O) groups excluding carboxylic acids is 1. The molecule has 0 aromatic heterocycles. The molecule has 0 bridgehead atoms. The van der Waals surface area contributed by atoms with Crippen LogP contribution in [0.25, 0.3) is 0 Å². The average molecular weight is 226 g/mol. The molecule has 1 fully saturated rings. The monoisotopic (exact) mass is 226 g/mol. The van der Waals surface area contributed by atoms with E-state index in [4.69, 9.17) is 0 Å². The summed E-state index contributed by atoms with van der Waals surface area (Å²) in [6.45, 7) is 2.76. The Bertz CT molecular complexity index is 531. The lowest BCUT2D eigenvalue weighted by Crippen LogP contribution is -2.35. The molecule has 0 saturated carbocycles. The fourth-order valence-corrected chi connectivity index (χ4v) is 2.43. The summed E-state index contributed by atoms with van der Waals surface area (Å²) in [5.41, 5.74) is 2.81. The van der Waals surface area contributed by atoms with Gasteiger partial charge in [0.15, 0.2) is 0 Å². The lowest BCUT2D eigenvalue weighted by atomic mass is 10.1. The summed E-state index contributed by atoms with van der Waals surface area (Å²) in [7, 11) is 0. The maximum atomic E-state index is 12.4. The van der Waals surface area contributed by atoms with Gasteiger partial charge < -0.3 is 4.90 Å². The highest BCUT2D eigenvalue weighted by atomic mass is 16.2. The zero-order valence-electron chi connectivity index (χ0n) is 9.76. The highest BCUT2D eigenvalue weighted by Gasteiger charge is 2.33. The molecule has 0 N–H and O–H groups in total. The predicted molar refractivity (Wildman–Crippen MR) is 67.8 cm³/mol. The standard InChI is InChI=1S/C14H14N2O/c1-2-10-7-11-8-15-13-6-4-3-5-12(13)14(17)16(11)9-10/h2-6,8,11H,7,9H2,1H3/b10-2+. The fraction of sp³-hybridized carbons (Fsp3) is 0.286. The minimum atomic E-state index is 0.0972. The minimum absolute atomic E-state index is 0.0972. The van der Waals surface area contributed by atoms with Crippen LogP contribution in [0.15, 0.2) is 40.9 Å². The van der Waals surface area contributed by atoms with Crippen molar-refractivity contribution in [3.63, 3.8) is 0 Å². The third kappa shape index (κ3) is 1.58. The van der Waals surface area contributed by atoms with E-state index in [1.165, 1.54) is 5.57 Å². The summed E-state index contributed by atoms with van der Waals surface area (Å²) < 4.78 is 0. The molecule has 2 aliphatic heterocycles. The van der Waals surface area contributed by atoms with Gasteiger partial charge in [0.25, 0.3) is 5.91 Å². The molecule has 86 valence electrons. The van der Waals surface area contributed by atoms with Gasteiger partial charge in [-0.05, 0) is 25.5 Å². The molecule has 3 nitrogen and oxygen atoms in total. The Morgan fingerprint density at radius 3 is 3.06 bits per heavy atom. The van der Waals surface area contributed by atoms with Crippen LogP contribution in [0.2, 0.25) is 0 Å². The summed E-state index contributed by atoms with van der Waals surface area (Å²) >= 11 is 0. The van der Waals surface area contributed by atoms with E-state index < -0.39 is 0 Å². The van der Waals surface area contributed by atoms with E-state index in [0.29, 0.717) is 5.56 Å². The number of fused-ring (bicyclic) bond motifs is 2. The molecule has 1 aromatic rings. The molecule has 3 heteroatoms. The van der Waals surface area contributed by atoms with E-state index >= 15 is 0 Å². The molecule has 1 saturated heterocycles. The maximum absolute atomic E-state index is 12.4. The molecule has 1 amide bonds. The van der Waals surface area contributed by atoms with Gasteiger partial charge in [-0.15, -0.1) is 0 Å². The number of hydrogen-bond donors (Lipinski definition) is 0. The third-order valence-corrected chi connectivity index (χ3v) is 3.43. The molecular weight excluding hydrogens is 212 g/mol. The second-order valence-corrected chi connectivity index (χ2v) is 4.45. The molecule has 2 heterocycles. The number of amides is 1. The molecule has 1 unspecified atom stereocenters. The highest BCUT2D eigenvalue weighted by Crippen LogP contribution is 2.30. The first-order valence-corrected chi connectivity index (χ1v) is 5.88. The SMILES string of the molecule is C/C=C1\CC2C=Nc3ccccc3C(=O)N2C1. The van der Waals surface area contributed by atoms with Gasteiger partial charge in [0.05, 0.1) is 17.3 Å². The summed E-state index contributed by atoms with van der Waals surface area (Å²) in [6, 6.07) is 7.67. The van der Waals surface area contributed by atoms with Crippen molar-refractivity contribution in [2.24, 2.45) is 4.99 Å². The maximum Gasteiger partial charge on any atom is 0.256 e. The first kappa shape index (κ1) is 10.3. The summed E-state index contributed by atoms with van der Waals surface area (Å²) in [5, 5.41) is 0. The second kappa shape index (κ2) is 3.84. The Kier molecular flexibility index (Phi) is 2.32. The molecule has 0 radical (unpaired) electrons. The smallest absolute Gasteiger partial charge is 0.256 e. The summed E-state index contributed by atoms with van der Waals surface area (Å²) in [4.78, 5) is 18.7. The molecular formula is C14H14N2O. The molecule has 3 rings (SSSR count). The fourth-order valence-electron chi connectivity index (χ4n) is 2.43. The zero-order valence-corrected chi connectivity index (χ0v) is 9.76. The first-order chi connectivity index (χ1) is 8.29. The molecule has 17 heavy (non-hydrogen) atoms. The van der Waals surface area contributed by atoms with Gasteiger partial charge in [0.2, 0.25) is 0 Å². The van der Waals surface area contributed by atoms with Crippen molar-refractivity contribution < 1.29 is 4.79 Å². The van der Waals surface area contributed by atoms with Gasteiger partial charge in [0.1, 0.15) is 0 Å². The lowest BCUT2D eigenvalue weighted by molar-refractivity contribution is 0.0778. The lowest BCUT2D eigenvalue weighted by Gasteiger charge is -2.19. The van der Waals surface area contributed by atoms with Crippen molar-refractivity contribution >= 4 is 17.8 Å². The molecule has 1 aromatic carbocycles. The number of benzene rings is 1. The van der Waals surface area contributed by atoms with Gasteiger partial charge >= 0.3 is 0 Å². The van der Waals surface area contributed by atoms with Gasteiger partial charge in [-0.2, -0.15) is 0 Å². The number of para-hydroxylation sites is 1. The normalized spacial score (nSPS) is 24.8. The van der Waals surface area contributed by atoms with Crippen molar-refractivity contribution in [1.82, 2.24) is 4.90 Å². The van der Waals surface area contributed by atoms with Crippen molar-refractivity contribution in [3.8, 4) is 0 Å². The Morgan fingerprint density at radius 1 is 1.41 bits per heavy atom. The van der Waals surface area contributed by atoms with E-state index in [-0.39, 0.29) is 11.9 Å². The number of aliphatic imine (C=N–C) groups is 1. The summed E-state index contributed by atoms with van der Waals surface area (Å²) in [5.74, 6) is 0.0972. The molecule has 2 aliphatic rings. The molecule has 1 atom stereocenters. The van der Waals surface area contributed by atoms with Crippen LogP contribution < -0.4 is 0 Å². The van der Waals surface area contributed by atoms with Gasteiger partial charge in [-0.25, -0.2) is 0 Å². The zero-order chi connectivity index (χ0) is 11.8. The number of nitrogens with zero attached hydrogens (tertiary/aromatic N) is 2. The quantitative estimate of drug-likeness (QED) is 0.626. The average Bonchev–Trinajstić information content (AvgIpc) is 2.74. The molecule has 0 aliphatic carbocycles. The highest BCUT2D eigenvalue weighted by molar-refractivity contribution is 6.03. The Balaban J connectivity index is 2.05. The Hall–Kier alpha value is -1.90. The van der Waals surface area contributed by atoms with E-state index in [1.807, 2.05) is 42.3 Å². The van der Waals surface area contributed by atoms with E-state index in [9.17, 15) is 4.79 Å². The van der Waals surface area contributed by atoms with E-state index in [0.717, 1.165) is 18.7 Å². The van der Waals surface area contributed by atoms with Gasteiger partial charge in [0, 0.05) is 12.8 Å². The second-order valence-electron chi connectivity index (χ2n) is 4.45. The Labute approximate surface area is 100 Å². The third-order valence-electron chi connectivity index (χ3n) is 3.43. The Morgan fingerprint density at radius 2 is 2.24 bits per heavy atom. The predicted octanol–water partition coefficient (Wildman–Crippen LogP) is 2.56. The number of allylic oxidation sites excluding steroid dienone is 1. The summed E-state index contributed by atoms with van der Waals surface area (Å²) in [6.07, 6.45) is 4.92. The topological polar surface area (TPSA) is 32.7 Å². The van der Waals surface area contributed by atoms with Crippen LogP contribution in [0.5, 0.6) is 0 Å². The first-order valence-electron chi connectivity index (χ1n) is 5.88. The van der Waals surface area contributed by atoms with Crippen LogP contribution in [-0.2, 0) is 0 Å². The minimum Gasteiger partial charge on any atom is -0.326 e. The number of carbonyl (C=O) groups is 1. The molecule has 0 spiro atoms. The van der Waals surface area contributed by atoms with Crippen LogP contribution in [0.3, 0.4) is 0 Å². The van der Waals surface area contributed by atoms with Crippen molar-refractivity contribution in [3.05, 3.63) is 41.5 Å².